The number of nitrogens with one attached hydrogen (secondary N) is 1. The summed E-state index contributed by atoms with van der Waals surface area (Å²) >= 11 is 0. The Morgan fingerprint density at radius 1 is 0.792 bits per heavy atom. The van der Waals surface area contributed by atoms with Gasteiger partial charge in [0.1, 0.15) is 12.0 Å². The maximum Gasteiger partial charge on any atom is 0.343 e. The molecule has 0 bridgehead atoms. The molecule has 1 aliphatic heterocycles. The number of anilines is 2. The molecule has 48 heavy (non-hydrogen) atoms. The fourth-order valence-corrected chi connectivity index (χ4v) is 5.25. The van der Waals surface area contributed by atoms with E-state index >= 15 is 0 Å². The minimum atomic E-state index is -1.09. The first kappa shape index (κ1) is 35.1. The average Bonchev–Trinajstić information content (AvgIpc) is 3.54. The van der Waals surface area contributed by atoms with Crippen LogP contribution in [-0.4, -0.2) is 63.3 Å². The number of amides is 3. The number of aldehydes is 1. The summed E-state index contributed by atoms with van der Waals surface area (Å²) in [5.41, 5.74) is -0.899. The molecule has 14 heteroatoms. The monoisotopic (exact) mass is 658 g/mol. The highest BCUT2D eigenvalue weighted by atomic mass is 16.5. The van der Waals surface area contributed by atoms with E-state index in [2.05, 4.69) is 5.32 Å². The summed E-state index contributed by atoms with van der Waals surface area (Å²) in [7, 11) is 0. The third-order valence-corrected chi connectivity index (χ3v) is 7.62. The Morgan fingerprint density at radius 2 is 1.35 bits per heavy atom. The number of imide groups is 1. The van der Waals surface area contributed by atoms with Crippen LogP contribution in [0.3, 0.4) is 0 Å². The zero-order chi connectivity index (χ0) is 35.0. The van der Waals surface area contributed by atoms with Crippen LogP contribution in [0.5, 0.6) is 0 Å². The average molecular weight is 659 g/mol. The molecule has 2 heterocycles. The standard InChI is InChI=1S/C34H34N4O10/c1-3-48-30(44)9-5-4-7-26(40)31-21(2)36(32(45)22-10-14-24(15-11-22)35-27(41)8-6-20-39)34(47)38(31)33(46)23-12-16-25(17-13-23)37-28(42)18-19-29(37)43/h10-17,20H,3-9,18-19H2,1-2H3,(H,35,41). The van der Waals surface area contributed by atoms with Crippen LogP contribution in [0.1, 0.15) is 95.2 Å². The van der Waals surface area contributed by atoms with E-state index in [1.54, 1.807) is 6.92 Å². The number of hydrogen-bond donors (Lipinski definition) is 1. The lowest BCUT2D eigenvalue weighted by molar-refractivity contribution is -0.143. The Labute approximate surface area is 274 Å². The number of ketones is 1. The number of imidazole rings is 1. The molecule has 0 aliphatic carbocycles. The van der Waals surface area contributed by atoms with Crippen LogP contribution in [0.15, 0.2) is 53.3 Å². The number of carbonyl (C=O) groups is 8. The Morgan fingerprint density at radius 3 is 1.94 bits per heavy atom. The lowest BCUT2D eigenvalue weighted by Gasteiger charge is -2.14. The first-order chi connectivity index (χ1) is 23.0. The number of hydrogen-bond acceptors (Lipinski definition) is 10. The van der Waals surface area contributed by atoms with E-state index in [4.69, 9.17) is 4.74 Å². The minimum absolute atomic E-state index is 0.0167. The van der Waals surface area contributed by atoms with Gasteiger partial charge in [-0.3, -0.25) is 38.5 Å². The van der Waals surface area contributed by atoms with E-state index in [0.29, 0.717) is 23.0 Å². The SMILES string of the molecule is CCOC(=O)CCCCC(=O)c1c(C)n(C(=O)c2ccc(NC(=O)CCC=O)cc2)c(=O)n1C(=O)c1ccc(N2C(=O)CCC2=O)cc1. The molecule has 14 nitrogen and oxygen atoms in total. The van der Waals surface area contributed by atoms with Crippen LogP contribution in [0.2, 0.25) is 0 Å². The molecule has 1 fully saturated rings. The van der Waals surface area contributed by atoms with Crippen molar-refractivity contribution >= 4 is 58.9 Å². The summed E-state index contributed by atoms with van der Waals surface area (Å²) in [5, 5.41) is 2.59. The summed E-state index contributed by atoms with van der Waals surface area (Å²) < 4.78 is 6.25. The van der Waals surface area contributed by atoms with E-state index in [1.165, 1.54) is 55.5 Å². The summed E-state index contributed by atoms with van der Waals surface area (Å²) in [5.74, 6) is -3.94. The zero-order valence-electron chi connectivity index (χ0n) is 26.5. The van der Waals surface area contributed by atoms with Gasteiger partial charge in [-0.25, -0.2) is 13.9 Å². The van der Waals surface area contributed by atoms with E-state index in [-0.39, 0.29) is 91.6 Å². The molecule has 1 saturated heterocycles. The number of esters is 1. The van der Waals surface area contributed by atoms with Crippen LogP contribution >= 0.6 is 0 Å². The molecule has 0 radical (unpaired) electrons. The van der Waals surface area contributed by atoms with Gasteiger partial charge in [0.15, 0.2) is 5.78 Å². The number of rotatable bonds is 14. The molecule has 3 amide bonds. The molecule has 0 unspecified atom stereocenters. The third kappa shape index (κ3) is 7.77. The number of ether oxygens (including phenoxy) is 1. The quantitative estimate of drug-likeness (QED) is 0.0886. The predicted molar refractivity (Wildman–Crippen MR) is 171 cm³/mol. The first-order valence-electron chi connectivity index (χ1n) is 15.4. The summed E-state index contributed by atoms with van der Waals surface area (Å²) in [4.78, 5) is 114. The third-order valence-electron chi connectivity index (χ3n) is 7.62. The maximum absolute atomic E-state index is 13.8. The van der Waals surface area contributed by atoms with Crippen LogP contribution in [0, 0.1) is 6.92 Å². The molecule has 250 valence electrons. The predicted octanol–water partition coefficient (Wildman–Crippen LogP) is 3.21. The van der Waals surface area contributed by atoms with Gasteiger partial charge in [0.25, 0.3) is 11.8 Å². The second kappa shape index (κ2) is 15.7. The highest BCUT2D eigenvalue weighted by Crippen LogP contribution is 2.24. The Bertz CT molecular complexity index is 1820. The molecule has 0 saturated carbocycles. The molecule has 4 rings (SSSR count). The van der Waals surface area contributed by atoms with Crippen molar-refractivity contribution in [1.29, 1.82) is 0 Å². The van der Waals surface area contributed by atoms with Crippen molar-refractivity contribution in [2.75, 3.05) is 16.8 Å². The molecule has 2 aromatic carbocycles. The molecule has 0 atom stereocenters. The fourth-order valence-electron chi connectivity index (χ4n) is 5.25. The van der Waals surface area contributed by atoms with Crippen molar-refractivity contribution < 1.29 is 43.1 Å². The Kier molecular flexibility index (Phi) is 11.4. The first-order valence-corrected chi connectivity index (χ1v) is 15.4. The topological polar surface area (TPSA) is 188 Å². The van der Waals surface area contributed by atoms with Gasteiger partial charge >= 0.3 is 11.7 Å². The van der Waals surface area contributed by atoms with Crippen molar-refractivity contribution in [3.05, 3.63) is 81.5 Å². The van der Waals surface area contributed by atoms with E-state index in [1.807, 2.05) is 0 Å². The Balaban J connectivity index is 1.67. The Hall–Kier alpha value is -5.79. The molecule has 0 spiro atoms. The number of nitrogens with zero attached hydrogens (tertiary/aromatic N) is 3. The molecular weight excluding hydrogens is 624 g/mol. The second-order valence-corrected chi connectivity index (χ2v) is 10.9. The van der Waals surface area contributed by atoms with Crippen LogP contribution in [0.4, 0.5) is 11.4 Å². The van der Waals surface area contributed by atoms with Crippen molar-refractivity contribution in [1.82, 2.24) is 9.13 Å². The van der Waals surface area contributed by atoms with Crippen LogP contribution < -0.4 is 15.9 Å². The lowest BCUT2D eigenvalue weighted by Crippen LogP contribution is -2.34. The van der Waals surface area contributed by atoms with Gasteiger partial charge in [0, 0.05) is 55.3 Å². The van der Waals surface area contributed by atoms with Gasteiger partial charge < -0.3 is 14.8 Å². The van der Waals surface area contributed by atoms with Crippen molar-refractivity contribution in [3.8, 4) is 0 Å². The zero-order valence-corrected chi connectivity index (χ0v) is 26.5. The van der Waals surface area contributed by atoms with Crippen molar-refractivity contribution in [2.45, 2.75) is 65.2 Å². The largest absolute Gasteiger partial charge is 0.466 e. The molecule has 1 N–H and O–H groups in total. The number of Topliss-reactive ketones (excluding diaryl/α,β-unsaturated/α-hetero) is 1. The van der Waals surface area contributed by atoms with Gasteiger partial charge in [-0.1, -0.05) is 0 Å². The minimum Gasteiger partial charge on any atom is -0.466 e. The van der Waals surface area contributed by atoms with Gasteiger partial charge in [-0.05, 0) is 75.2 Å². The van der Waals surface area contributed by atoms with Crippen LogP contribution in [-0.2, 0) is 28.7 Å². The van der Waals surface area contributed by atoms with Gasteiger partial charge in [-0.15, -0.1) is 0 Å². The normalized spacial score (nSPS) is 12.6. The van der Waals surface area contributed by atoms with Gasteiger partial charge in [-0.2, -0.15) is 0 Å². The molecule has 1 aromatic heterocycles. The molecule has 3 aromatic rings. The highest BCUT2D eigenvalue weighted by Gasteiger charge is 2.32. The second-order valence-electron chi connectivity index (χ2n) is 10.9. The number of aromatic nitrogens is 2. The van der Waals surface area contributed by atoms with Crippen molar-refractivity contribution in [2.24, 2.45) is 0 Å². The fraction of sp³-hybridized carbons (Fsp3) is 0.324. The summed E-state index contributed by atoms with van der Waals surface area (Å²) in [6.45, 7) is 3.26. The van der Waals surface area contributed by atoms with E-state index < -0.39 is 35.2 Å². The number of carbonyl (C=O) groups excluding carboxylic acids is 8. The van der Waals surface area contributed by atoms with E-state index in [9.17, 15) is 43.2 Å². The van der Waals surface area contributed by atoms with E-state index in [0.717, 1.165) is 9.47 Å². The summed E-state index contributed by atoms with van der Waals surface area (Å²) in [6, 6.07) is 11.0. The smallest absolute Gasteiger partial charge is 0.343 e. The van der Waals surface area contributed by atoms with Crippen molar-refractivity contribution in [3.63, 3.8) is 0 Å². The maximum atomic E-state index is 13.8. The summed E-state index contributed by atoms with van der Waals surface area (Å²) in [6.07, 6.45) is 1.29. The molecular formula is C34H34N4O10. The van der Waals surface area contributed by atoms with Gasteiger partial charge in [0.05, 0.1) is 18.0 Å². The van der Waals surface area contributed by atoms with Crippen LogP contribution in [0.25, 0.3) is 0 Å². The molecule has 1 aliphatic rings. The highest BCUT2D eigenvalue weighted by molar-refractivity contribution is 6.20. The number of unbranched alkanes of at least 4 members (excludes halogenated alkanes) is 1. The van der Waals surface area contributed by atoms with Gasteiger partial charge in [0.2, 0.25) is 17.7 Å². The number of benzene rings is 2. The lowest BCUT2D eigenvalue weighted by atomic mass is 10.1.